The molecule has 0 bridgehead atoms. The van der Waals surface area contributed by atoms with E-state index < -0.39 is 11.5 Å². The summed E-state index contributed by atoms with van der Waals surface area (Å²) >= 11 is 3.35. The Kier molecular flexibility index (Phi) is 6.00. The minimum Gasteiger partial charge on any atom is -0.480 e. The van der Waals surface area contributed by atoms with E-state index in [2.05, 4.69) is 26.3 Å². The van der Waals surface area contributed by atoms with Crippen molar-refractivity contribution in [3.63, 3.8) is 0 Å². The van der Waals surface area contributed by atoms with Gasteiger partial charge in [0.1, 0.15) is 5.54 Å². The van der Waals surface area contributed by atoms with Crippen LogP contribution >= 0.6 is 15.9 Å². The molecule has 1 rings (SSSR count). The van der Waals surface area contributed by atoms with Gasteiger partial charge < -0.3 is 5.11 Å². The summed E-state index contributed by atoms with van der Waals surface area (Å²) in [7, 11) is 0. The molecule has 5 nitrogen and oxygen atoms in total. The molecule has 1 atom stereocenters. The van der Waals surface area contributed by atoms with Crippen LogP contribution in [0.5, 0.6) is 0 Å². The molecule has 1 aromatic rings. The van der Waals surface area contributed by atoms with Crippen molar-refractivity contribution in [2.45, 2.75) is 58.2 Å². The summed E-state index contributed by atoms with van der Waals surface area (Å²) in [5, 5.41) is 16.6. The third kappa shape index (κ3) is 5.32. The van der Waals surface area contributed by atoms with Gasteiger partial charge >= 0.3 is 5.97 Å². The second-order valence-corrected chi connectivity index (χ2v) is 6.23. The number of nitrogens with zero attached hydrogens (tertiary/aromatic N) is 2. The lowest BCUT2D eigenvalue weighted by Crippen LogP contribution is -2.52. The molecule has 1 aromatic heterocycles. The highest BCUT2D eigenvalue weighted by atomic mass is 79.9. The van der Waals surface area contributed by atoms with Crippen molar-refractivity contribution in [2.24, 2.45) is 0 Å². The number of unbranched alkanes of at least 4 members (excludes halogenated alkanes) is 1. The maximum atomic E-state index is 11.3. The van der Waals surface area contributed by atoms with Crippen molar-refractivity contribution in [1.82, 2.24) is 15.1 Å². The predicted molar refractivity (Wildman–Crippen MR) is 78.1 cm³/mol. The van der Waals surface area contributed by atoms with Crippen molar-refractivity contribution >= 4 is 21.9 Å². The standard InChI is InChI=1S/C13H22BrN3O2/c1-10(2)16-13(3,12(18)19)6-4-5-7-17-9-11(14)8-15-17/h8-10,16H,4-7H2,1-3H3,(H,18,19). The maximum Gasteiger partial charge on any atom is 0.323 e. The second kappa shape index (κ2) is 7.05. The Morgan fingerprint density at radius 3 is 2.74 bits per heavy atom. The lowest BCUT2D eigenvalue weighted by atomic mass is 9.94. The van der Waals surface area contributed by atoms with Crippen molar-refractivity contribution in [2.75, 3.05) is 0 Å². The molecule has 6 heteroatoms. The van der Waals surface area contributed by atoms with Crippen LogP contribution in [0.4, 0.5) is 0 Å². The SMILES string of the molecule is CC(C)NC(C)(CCCCn1cc(Br)cn1)C(=O)O. The fourth-order valence-corrected chi connectivity index (χ4v) is 2.42. The zero-order valence-electron chi connectivity index (χ0n) is 11.7. The molecule has 0 aliphatic carbocycles. The Bertz CT molecular complexity index is 420. The number of carboxylic acids is 1. The third-order valence-electron chi connectivity index (χ3n) is 2.99. The van der Waals surface area contributed by atoms with E-state index in [4.69, 9.17) is 0 Å². The normalized spacial score (nSPS) is 14.6. The fraction of sp³-hybridized carbons (Fsp3) is 0.692. The van der Waals surface area contributed by atoms with Crippen LogP contribution in [0.1, 0.15) is 40.0 Å². The number of carbonyl (C=O) groups is 1. The summed E-state index contributed by atoms with van der Waals surface area (Å²) in [6.07, 6.45) is 6.05. The lowest BCUT2D eigenvalue weighted by Gasteiger charge is -2.28. The first-order chi connectivity index (χ1) is 8.83. The van der Waals surface area contributed by atoms with Gasteiger partial charge in [0, 0.05) is 18.8 Å². The Labute approximate surface area is 122 Å². The van der Waals surface area contributed by atoms with Gasteiger partial charge in [0.05, 0.1) is 10.7 Å². The molecule has 2 N–H and O–H groups in total. The molecule has 0 aromatic carbocycles. The average Bonchev–Trinajstić information content (AvgIpc) is 2.69. The molecule has 19 heavy (non-hydrogen) atoms. The number of hydrogen-bond acceptors (Lipinski definition) is 3. The van der Waals surface area contributed by atoms with Crippen LogP contribution in [0.25, 0.3) is 0 Å². The Hall–Kier alpha value is -0.880. The van der Waals surface area contributed by atoms with E-state index in [9.17, 15) is 9.90 Å². The minimum absolute atomic E-state index is 0.156. The maximum absolute atomic E-state index is 11.3. The molecule has 0 aliphatic heterocycles. The lowest BCUT2D eigenvalue weighted by molar-refractivity contribution is -0.144. The molecule has 1 heterocycles. The average molecular weight is 332 g/mol. The monoisotopic (exact) mass is 331 g/mol. The molecular formula is C13H22BrN3O2. The van der Waals surface area contributed by atoms with Crippen molar-refractivity contribution in [3.05, 3.63) is 16.9 Å². The summed E-state index contributed by atoms with van der Waals surface area (Å²) in [5.74, 6) is -0.789. The molecule has 0 amide bonds. The summed E-state index contributed by atoms with van der Waals surface area (Å²) < 4.78 is 2.82. The smallest absolute Gasteiger partial charge is 0.323 e. The zero-order valence-corrected chi connectivity index (χ0v) is 13.3. The van der Waals surface area contributed by atoms with E-state index in [0.29, 0.717) is 6.42 Å². The number of hydrogen-bond donors (Lipinski definition) is 2. The highest BCUT2D eigenvalue weighted by Gasteiger charge is 2.32. The van der Waals surface area contributed by atoms with Gasteiger partial charge in [-0.1, -0.05) is 0 Å². The van der Waals surface area contributed by atoms with Gasteiger partial charge in [0.15, 0.2) is 0 Å². The molecule has 0 fully saturated rings. The first-order valence-corrected chi connectivity index (χ1v) is 7.32. The van der Waals surface area contributed by atoms with Crippen molar-refractivity contribution in [3.8, 4) is 0 Å². The van der Waals surface area contributed by atoms with E-state index in [1.54, 1.807) is 13.1 Å². The molecule has 1 unspecified atom stereocenters. The fourth-order valence-electron chi connectivity index (χ4n) is 2.09. The van der Waals surface area contributed by atoms with Gasteiger partial charge in [-0.15, -0.1) is 0 Å². The minimum atomic E-state index is -0.848. The molecule has 0 saturated carbocycles. The van der Waals surface area contributed by atoms with E-state index in [-0.39, 0.29) is 6.04 Å². The van der Waals surface area contributed by atoms with Gasteiger partial charge in [-0.25, -0.2) is 0 Å². The molecule has 0 aliphatic rings. The van der Waals surface area contributed by atoms with Crippen LogP contribution in [0.15, 0.2) is 16.9 Å². The van der Waals surface area contributed by atoms with E-state index in [1.807, 2.05) is 24.7 Å². The van der Waals surface area contributed by atoms with Gasteiger partial charge in [-0.2, -0.15) is 5.10 Å². The summed E-state index contributed by atoms with van der Waals surface area (Å²) in [6.45, 7) is 6.48. The molecule has 0 spiro atoms. The van der Waals surface area contributed by atoms with Gasteiger partial charge in [-0.05, 0) is 56.0 Å². The van der Waals surface area contributed by atoms with Crippen LogP contribution in [-0.2, 0) is 11.3 Å². The predicted octanol–water partition coefficient (Wildman–Crippen LogP) is 2.66. The number of halogens is 1. The van der Waals surface area contributed by atoms with Crippen LogP contribution in [0, 0.1) is 0 Å². The topological polar surface area (TPSA) is 67.2 Å². The molecular weight excluding hydrogens is 310 g/mol. The highest BCUT2D eigenvalue weighted by Crippen LogP contribution is 2.16. The van der Waals surface area contributed by atoms with Gasteiger partial charge in [0.2, 0.25) is 0 Å². The van der Waals surface area contributed by atoms with Crippen LogP contribution in [0.2, 0.25) is 0 Å². The van der Waals surface area contributed by atoms with Gasteiger partial charge in [0.25, 0.3) is 0 Å². The summed E-state index contributed by atoms with van der Waals surface area (Å²) in [4.78, 5) is 11.3. The second-order valence-electron chi connectivity index (χ2n) is 5.32. The largest absolute Gasteiger partial charge is 0.480 e. The van der Waals surface area contributed by atoms with E-state index in [0.717, 1.165) is 23.9 Å². The number of aromatic nitrogens is 2. The molecule has 0 radical (unpaired) electrons. The molecule has 0 saturated heterocycles. The number of nitrogens with one attached hydrogen (secondary N) is 1. The highest BCUT2D eigenvalue weighted by molar-refractivity contribution is 9.10. The zero-order chi connectivity index (χ0) is 14.5. The number of aryl methyl sites for hydroxylation is 1. The van der Waals surface area contributed by atoms with E-state index in [1.165, 1.54) is 0 Å². The third-order valence-corrected chi connectivity index (χ3v) is 3.40. The van der Waals surface area contributed by atoms with Crippen LogP contribution in [0.3, 0.4) is 0 Å². The Balaban J connectivity index is 2.38. The van der Waals surface area contributed by atoms with Gasteiger partial charge in [-0.3, -0.25) is 14.8 Å². The molecule has 108 valence electrons. The number of aliphatic carboxylic acids is 1. The summed E-state index contributed by atoms with van der Waals surface area (Å²) in [5.41, 5.74) is -0.848. The Morgan fingerprint density at radius 2 is 2.26 bits per heavy atom. The van der Waals surface area contributed by atoms with Crippen molar-refractivity contribution in [1.29, 1.82) is 0 Å². The van der Waals surface area contributed by atoms with E-state index >= 15 is 0 Å². The number of rotatable bonds is 8. The first-order valence-electron chi connectivity index (χ1n) is 6.52. The quantitative estimate of drug-likeness (QED) is 0.718. The first kappa shape index (κ1) is 16.2. The van der Waals surface area contributed by atoms with Crippen molar-refractivity contribution < 1.29 is 9.90 Å². The summed E-state index contributed by atoms with van der Waals surface area (Å²) in [6, 6.07) is 0.156. The number of carboxylic acid groups (broad SMARTS) is 1. The Morgan fingerprint density at radius 1 is 1.58 bits per heavy atom. The van der Waals surface area contributed by atoms with Crippen LogP contribution in [-0.4, -0.2) is 32.4 Å². The van der Waals surface area contributed by atoms with Crippen LogP contribution < -0.4 is 5.32 Å².